The lowest BCUT2D eigenvalue weighted by molar-refractivity contribution is -0.153. The van der Waals surface area contributed by atoms with E-state index >= 15 is 0 Å². The van der Waals surface area contributed by atoms with Gasteiger partial charge < -0.3 is 20.4 Å². The van der Waals surface area contributed by atoms with Crippen molar-refractivity contribution in [3.63, 3.8) is 0 Å². The number of rotatable bonds is 7. The quantitative estimate of drug-likeness (QED) is 0.490. The third-order valence-corrected chi connectivity index (χ3v) is 6.68. The fourth-order valence-electron chi connectivity index (χ4n) is 3.56. The second kappa shape index (κ2) is 9.79. The Kier molecular flexibility index (Phi) is 6.86. The monoisotopic (exact) mass is 471 g/mol. The van der Waals surface area contributed by atoms with Crippen LogP contribution in [0.3, 0.4) is 0 Å². The van der Waals surface area contributed by atoms with Gasteiger partial charge in [0, 0.05) is 35.6 Å². The van der Waals surface area contributed by atoms with Gasteiger partial charge in [0.2, 0.25) is 0 Å². The van der Waals surface area contributed by atoms with Crippen LogP contribution in [0.25, 0.3) is 0 Å². The zero-order valence-corrected chi connectivity index (χ0v) is 18.6. The van der Waals surface area contributed by atoms with E-state index in [0.717, 1.165) is 21.6 Å². The highest BCUT2D eigenvalue weighted by molar-refractivity contribution is 7.11. The van der Waals surface area contributed by atoms with Crippen molar-refractivity contribution in [2.75, 3.05) is 0 Å². The van der Waals surface area contributed by atoms with Crippen LogP contribution < -0.4 is 5.32 Å². The van der Waals surface area contributed by atoms with Gasteiger partial charge in [0.05, 0.1) is 6.54 Å². The second-order valence-corrected chi connectivity index (χ2v) is 9.17. The zero-order valence-electron chi connectivity index (χ0n) is 17.1. The van der Waals surface area contributed by atoms with Crippen LogP contribution in [-0.4, -0.2) is 44.1 Å². The fourth-order valence-corrected chi connectivity index (χ4v) is 4.65. The molecule has 0 saturated heterocycles. The van der Waals surface area contributed by atoms with Gasteiger partial charge in [0.1, 0.15) is 5.01 Å². The predicted molar refractivity (Wildman–Crippen MR) is 121 cm³/mol. The van der Waals surface area contributed by atoms with Crippen molar-refractivity contribution < 1.29 is 19.8 Å². The van der Waals surface area contributed by atoms with Gasteiger partial charge in [0.15, 0.2) is 12.2 Å². The Bertz CT molecular complexity index is 1110. The molecule has 2 aromatic carbocycles. The molecule has 32 heavy (non-hydrogen) atoms. The number of aliphatic hydroxyl groups excluding tert-OH is 2. The van der Waals surface area contributed by atoms with E-state index in [1.54, 1.807) is 6.20 Å². The van der Waals surface area contributed by atoms with Crippen LogP contribution >= 0.6 is 22.9 Å². The smallest absolute Gasteiger partial charge is 0.255 e. The molecule has 3 N–H and O–H groups in total. The molecule has 2 atom stereocenters. The number of nitrogens with zero attached hydrogens (tertiary/aromatic N) is 2. The Morgan fingerprint density at radius 2 is 1.72 bits per heavy atom. The first-order valence-electron chi connectivity index (χ1n) is 10.1. The lowest BCUT2D eigenvalue weighted by Gasteiger charge is -2.22. The summed E-state index contributed by atoms with van der Waals surface area (Å²) in [6.45, 7) is 0.764. The molecule has 2 heterocycles. The van der Waals surface area contributed by atoms with Gasteiger partial charge in [-0.25, -0.2) is 4.98 Å². The molecule has 0 saturated carbocycles. The van der Waals surface area contributed by atoms with E-state index in [2.05, 4.69) is 10.3 Å². The number of amides is 2. The van der Waals surface area contributed by atoms with Crippen LogP contribution in [0.15, 0.2) is 54.7 Å². The summed E-state index contributed by atoms with van der Waals surface area (Å²) in [4.78, 5) is 31.5. The molecule has 0 radical (unpaired) electrons. The van der Waals surface area contributed by atoms with Crippen molar-refractivity contribution in [3.05, 3.63) is 86.3 Å². The lowest BCUT2D eigenvalue weighted by atomic mass is 10.1. The largest absolute Gasteiger partial charge is 0.380 e. The summed E-state index contributed by atoms with van der Waals surface area (Å²) in [5.41, 5.74) is 2.96. The Hall–Kier alpha value is -2.78. The van der Waals surface area contributed by atoms with Gasteiger partial charge in [0.25, 0.3) is 11.8 Å². The highest BCUT2D eigenvalue weighted by atomic mass is 35.5. The van der Waals surface area contributed by atoms with E-state index in [0.29, 0.717) is 29.5 Å². The number of benzene rings is 2. The van der Waals surface area contributed by atoms with Crippen molar-refractivity contribution in [1.82, 2.24) is 15.2 Å². The zero-order chi connectivity index (χ0) is 22.7. The van der Waals surface area contributed by atoms with Gasteiger partial charge in [-0.15, -0.1) is 11.3 Å². The maximum absolute atomic E-state index is 12.6. The van der Waals surface area contributed by atoms with Gasteiger partial charge >= 0.3 is 0 Å². The molecule has 0 unspecified atom stereocenters. The molecule has 0 bridgehead atoms. The number of thiazole rings is 1. The maximum atomic E-state index is 12.6. The molecule has 1 aromatic heterocycles. The molecular weight excluding hydrogens is 450 g/mol. The molecule has 166 valence electrons. The first kappa shape index (κ1) is 22.4. The summed E-state index contributed by atoms with van der Waals surface area (Å²) < 4.78 is 0. The number of carbonyl (C=O) groups is 2. The molecule has 4 rings (SSSR count). The summed E-state index contributed by atoms with van der Waals surface area (Å²) in [6, 6.07) is 15.1. The van der Waals surface area contributed by atoms with Crippen molar-refractivity contribution in [2.45, 2.75) is 38.3 Å². The second-order valence-electron chi connectivity index (χ2n) is 7.56. The van der Waals surface area contributed by atoms with E-state index in [4.69, 9.17) is 11.6 Å². The van der Waals surface area contributed by atoms with Crippen LogP contribution in [0.1, 0.15) is 26.6 Å². The molecule has 3 aromatic rings. The number of hydrogen-bond acceptors (Lipinski definition) is 6. The van der Waals surface area contributed by atoms with E-state index in [1.165, 1.54) is 16.2 Å². The van der Waals surface area contributed by atoms with Gasteiger partial charge in [-0.3, -0.25) is 9.59 Å². The number of carbonyl (C=O) groups excluding carboxylic acids is 2. The molecule has 0 aliphatic carbocycles. The summed E-state index contributed by atoms with van der Waals surface area (Å²) >= 11 is 7.61. The Balaban J connectivity index is 1.29. The van der Waals surface area contributed by atoms with Crippen molar-refractivity contribution in [3.8, 4) is 0 Å². The Morgan fingerprint density at radius 3 is 2.41 bits per heavy atom. The molecule has 0 fully saturated rings. The summed E-state index contributed by atoms with van der Waals surface area (Å²) in [7, 11) is 0. The molecule has 0 spiro atoms. The van der Waals surface area contributed by atoms with Crippen LogP contribution in [-0.2, 0) is 35.6 Å². The normalized spacial score (nSPS) is 14.7. The third-order valence-electron chi connectivity index (χ3n) is 5.31. The molecule has 1 aliphatic rings. The highest BCUT2D eigenvalue weighted by Gasteiger charge is 2.35. The lowest BCUT2D eigenvalue weighted by Crippen LogP contribution is -2.49. The number of fused-ring (bicyclic) bond motifs is 1. The van der Waals surface area contributed by atoms with Gasteiger partial charge in [-0.05, 0) is 22.8 Å². The molecule has 7 nitrogen and oxygen atoms in total. The Morgan fingerprint density at radius 1 is 1.06 bits per heavy atom. The number of aliphatic hydroxyl groups is 2. The van der Waals surface area contributed by atoms with E-state index in [-0.39, 0.29) is 6.54 Å². The third kappa shape index (κ3) is 4.99. The first-order valence-corrected chi connectivity index (χ1v) is 11.3. The van der Waals surface area contributed by atoms with Gasteiger partial charge in [-0.2, -0.15) is 0 Å². The average molecular weight is 472 g/mol. The van der Waals surface area contributed by atoms with Crippen LogP contribution in [0, 0.1) is 0 Å². The standard InChI is InChI=1S/C23H22ClN3O4S/c24-18-8-4-3-5-14(18)9-17-10-25-19(32-17)11-26-22(30)20(28)21(29)23(31)27-12-15-6-1-2-7-16(15)13-27/h1-8,10,20-21,28-29H,9,11-13H2,(H,26,30)/t20-,21-/m1/s1. The first-order chi connectivity index (χ1) is 15.4. The molecule has 9 heteroatoms. The maximum Gasteiger partial charge on any atom is 0.255 e. The number of hydrogen-bond donors (Lipinski definition) is 3. The van der Waals surface area contributed by atoms with Crippen LogP contribution in [0.4, 0.5) is 0 Å². The summed E-state index contributed by atoms with van der Waals surface area (Å²) in [5, 5.41) is 24.3. The van der Waals surface area contributed by atoms with E-state index in [9.17, 15) is 19.8 Å². The average Bonchev–Trinajstić information content (AvgIpc) is 3.44. The highest BCUT2D eigenvalue weighted by Crippen LogP contribution is 2.24. The van der Waals surface area contributed by atoms with Crippen LogP contribution in [0.2, 0.25) is 5.02 Å². The fraction of sp³-hybridized carbons (Fsp3) is 0.261. The molecular formula is C23H22ClN3O4S. The predicted octanol–water partition coefficient (Wildman–Crippen LogP) is 2.27. The van der Waals surface area contributed by atoms with E-state index < -0.39 is 24.0 Å². The van der Waals surface area contributed by atoms with Gasteiger partial charge in [-0.1, -0.05) is 54.1 Å². The van der Waals surface area contributed by atoms with Crippen molar-refractivity contribution >= 4 is 34.8 Å². The summed E-state index contributed by atoms with van der Waals surface area (Å²) in [6.07, 6.45) is -1.36. The minimum atomic E-state index is -1.87. The molecule has 2 amide bonds. The minimum absolute atomic E-state index is 0.0825. The Labute approximate surface area is 194 Å². The topological polar surface area (TPSA) is 103 Å². The van der Waals surface area contributed by atoms with Crippen molar-refractivity contribution in [1.29, 1.82) is 0 Å². The molecule has 1 aliphatic heterocycles. The number of nitrogens with one attached hydrogen (secondary N) is 1. The SMILES string of the molecule is O=C(NCc1ncc(Cc2ccccc2Cl)s1)[C@H](O)[C@@H](O)C(=O)N1Cc2ccccc2C1. The van der Waals surface area contributed by atoms with Crippen LogP contribution in [0.5, 0.6) is 0 Å². The number of aromatic nitrogens is 1. The number of halogens is 1. The summed E-state index contributed by atoms with van der Waals surface area (Å²) in [5.74, 6) is -1.51. The minimum Gasteiger partial charge on any atom is -0.380 e. The van der Waals surface area contributed by atoms with Crippen molar-refractivity contribution in [2.24, 2.45) is 0 Å². The van der Waals surface area contributed by atoms with E-state index in [1.807, 2.05) is 48.5 Å².